The average molecular weight is 496 g/mol. The van der Waals surface area contributed by atoms with Gasteiger partial charge < -0.3 is 15.2 Å². The van der Waals surface area contributed by atoms with E-state index in [4.69, 9.17) is 4.74 Å². The zero-order valence-corrected chi connectivity index (χ0v) is 22.4. The van der Waals surface area contributed by atoms with E-state index in [0.29, 0.717) is 6.54 Å². The number of ether oxygens (including phenoxy) is 1. The maximum Gasteiger partial charge on any atom is 0.244 e. The topological polar surface area (TPSA) is 58.6 Å². The van der Waals surface area contributed by atoms with Gasteiger partial charge in [-0.15, -0.1) is 0 Å². The zero-order valence-electron chi connectivity index (χ0n) is 22.4. The molecule has 1 aliphatic rings. The van der Waals surface area contributed by atoms with Gasteiger partial charge in [-0.2, -0.15) is 0 Å². The SMILES string of the molecule is COc1cccc(C2=CCC(C)(C)C(/C=C/C(C)=C/C=C/C=C\C(=O)NCc3ccc(O)cc3)=C2C)c1. The second-order valence-corrected chi connectivity index (χ2v) is 9.85. The van der Waals surface area contributed by atoms with Gasteiger partial charge in [0.15, 0.2) is 0 Å². The third kappa shape index (κ3) is 7.97. The Labute approximate surface area is 221 Å². The first kappa shape index (κ1) is 27.5. The van der Waals surface area contributed by atoms with Crippen molar-refractivity contribution in [2.75, 3.05) is 7.11 Å². The molecule has 0 saturated heterocycles. The number of allylic oxidation sites excluding steroid dienone is 11. The minimum absolute atomic E-state index is 0.0509. The number of aromatic hydroxyl groups is 1. The maximum absolute atomic E-state index is 12.0. The average Bonchev–Trinajstić information content (AvgIpc) is 2.87. The van der Waals surface area contributed by atoms with Gasteiger partial charge in [0, 0.05) is 12.6 Å². The van der Waals surface area contributed by atoms with Gasteiger partial charge in [0.05, 0.1) is 7.11 Å². The summed E-state index contributed by atoms with van der Waals surface area (Å²) < 4.78 is 5.42. The van der Waals surface area contributed by atoms with Crippen molar-refractivity contribution in [2.45, 2.75) is 40.7 Å². The minimum atomic E-state index is -0.167. The van der Waals surface area contributed by atoms with Crippen LogP contribution in [-0.4, -0.2) is 18.1 Å². The molecular formula is C33H37NO3. The van der Waals surface area contributed by atoms with Gasteiger partial charge in [0.2, 0.25) is 5.91 Å². The lowest BCUT2D eigenvalue weighted by Gasteiger charge is -2.32. The zero-order chi connectivity index (χ0) is 26.8. The second kappa shape index (κ2) is 12.8. The summed E-state index contributed by atoms with van der Waals surface area (Å²) in [6.45, 7) is 9.25. The molecule has 4 nitrogen and oxygen atoms in total. The predicted molar refractivity (Wildman–Crippen MR) is 153 cm³/mol. The molecule has 37 heavy (non-hydrogen) atoms. The first-order valence-corrected chi connectivity index (χ1v) is 12.5. The van der Waals surface area contributed by atoms with Crippen LogP contribution in [0.5, 0.6) is 11.5 Å². The van der Waals surface area contributed by atoms with E-state index in [0.717, 1.165) is 23.3 Å². The molecule has 0 heterocycles. The molecule has 0 radical (unpaired) electrons. The summed E-state index contributed by atoms with van der Waals surface area (Å²) in [6, 6.07) is 15.0. The molecule has 0 spiro atoms. The Balaban J connectivity index is 1.61. The molecular weight excluding hydrogens is 458 g/mol. The number of hydrogen-bond acceptors (Lipinski definition) is 3. The van der Waals surface area contributed by atoms with E-state index in [2.05, 4.69) is 63.4 Å². The molecule has 2 N–H and O–H groups in total. The summed E-state index contributed by atoms with van der Waals surface area (Å²) >= 11 is 0. The Morgan fingerprint density at radius 3 is 2.57 bits per heavy atom. The summed E-state index contributed by atoms with van der Waals surface area (Å²) in [5.74, 6) is 0.908. The smallest absolute Gasteiger partial charge is 0.244 e. The molecule has 0 bridgehead atoms. The van der Waals surface area contributed by atoms with Crippen LogP contribution in [0.25, 0.3) is 5.57 Å². The van der Waals surface area contributed by atoms with Crippen LogP contribution in [0.2, 0.25) is 0 Å². The Morgan fingerprint density at radius 1 is 1.08 bits per heavy atom. The van der Waals surface area contributed by atoms with E-state index in [-0.39, 0.29) is 17.1 Å². The third-order valence-corrected chi connectivity index (χ3v) is 6.48. The number of benzene rings is 2. The first-order chi connectivity index (χ1) is 17.7. The number of carbonyl (C=O) groups is 1. The summed E-state index contributed by atoms with van der Waals surface area (Å²) in [5, 5.41) is 12.1. The number of amides is 1. The second-order valence-electron chi connectivity index (χ2n) is 9.85. The number of rotatable bonds is 9. The molecule has 3 rings (SSSR count). The van der Waals surface area contributed by atoms with E-state index in [1.165, 1.54) is 28.4 Å². The van der Waals surface area contributed by atoms with Gasteiger partial charge in [-0.25, -0.2) is 0 Å². The molecule has 1 aliphatic carbocycles. The van der Waals surface area contributed by atoms with Crippen LogP contribution in [0.1, 0.15) is 45.2 Å². The van der Waals surface area contributed by atoms with Crippen molar-refractivity contribution in [3.63, 3.8) is 0 Å². The molecule has 2 aromatic carbocycles. The number of methoxy groups -OCH3 is 1. The van der Waals surface area contributed by atoms with Crippen molar-refractivity contribution >= 4 is 11.5 Å². The lowest BCUT2D eigenvalue weighted by Crippen LogP contribution is -2.20. The summed E-state index contributed by atoms with van der Waals surface area (Å²) in [5.41, 5.74) is 7.14. The highest BCUT2D eigenvalue weighted by molar-refractivity contribution is 5.87. The van der Waals surface area contributed by atoms with E-state index in [1.807, 2.05) is 30.4 Å². The molecule has 0 saturated carbocycles. The minimum Gasteiger partial charge on any atom is -0.508 e. The van der Waals surface area contributed by atoms with Gasteiger partial charge >= 0.3 is 0 Å². The largest absolute Gasteiger partial charge is 0.508 e. The lowest BCUT2D eigenvalue weighted by atomic mass is 9.72. The van der Waals surface area contributed by atoms with Crippen LogP contribution >= 0.6 is 0 Å². The monoisotopic (exact) mass is 495 g/mol. The number of carbonyl (C=O) groups excluding carboxylic acids is 1. The molecule has 0 unspecified atom stereocenters. The Hall–Kier alpha value is -4.05. The van der Waals surface area contributed by atoms with Crippen LogP contribution in [0.15, 0.2) is 114 Å². The summed E-state index contributed by atoms with van der Waals surface area (Å²) in [7, 11) is 1.70. The van der Waals surface area contributed by atoms with Crippen molar-refractivity contribution in [2.24, 2.45) is 5.41 Å². The van der Waals surface area contributed by atoms with Crippen molar-refractivity contribution in [3.05, 3.63) is 125 Å². The van der Waals surface area contributed by atoms with Crippen LogP contribution in [0.3, 0.4) is 0 Å². The molecule has 2 aromatic rings. The molecule has 0 atom stereocenters. The molecule has 0 aromatic heterocycles. The van der Waals surface area contributed by atoms with E-state index in [1.54, 1.807) is 37.5 Å². The Kier molecular flexibility index (Phi) is 9.51. The Bertz CT molecular complexity index is 1290. The highest BCUT2D eigenvalue weighted by Crippen LogP contribution is 2.43. The van der Waals surface area contributed by atoms with Crippen LogP contribution in [0.4, 0.5) is 0 Å². The van der Waals surface area contributed by atoms with Gasteiger partial charge in [0.25, 0.3) is 0 Å². The van der Waals surface area contributed by atoms with Gasteiger partial charge in [-0.3, -0.25) is 4.79 Å². The van der Waals surface area contributed by atoms with E-state index >= 15 is 0 Å². The van der Waals surface area contributed by atoms with Gasteiger partial charge in [0.1, 0.15) is 11.5 Å². The van der Waals surface area contributed by atoms with Gasteiger partial charge in [-0.1, -0.05) is 86.2 Å². The van der Waals surface area contributed by atoms with E-state index < -0.39 is 0 Å². The highest BCUT2D eigenvalue weighted by atomic mass is 16.5. The predicted octanol–water partition coefficient (Wildman–Crippen LogP) is 7.46. The van der Waals surface area contributed by atoms with Crippen molar-refractivity contribution in [3.8, 4) is 11.5 Å². The summed E-state index contributed by atoms with van der Waals surface area (Å²) in [4.78, 5) is 12.0. The molecule has 0 aliphatic heterocycles. The number of hydrogen-bond donors (Lipinski definition) is 2. The number of phenols is 1. The lowest BCUT2D eigenvalue weighted by molar-refractivity contribution is -0.116. The quantitative estimate of drug-likeness (QED) is 0.280. The number of phenolic OH excluding ortho intramolecular Hbond substituents is 1. The maximum atomic E-state index is 12.0. The highest BCUT2D eigenvalue weighted by Gasteiger charge is 2.27. The molecule has 0 fully saturated rings. The van der Waals surface area contributed by atoms with Crippen molar-refractivity contribution in [1.82, 2.24) is 5.32 Å². The van der Waals surface area contributed by atoms with Crippen molar-refractivity contribution < 1.29 is 14.6 Å². The number of nitrogens with one attached hydrogen (secondary N) is 1. The fraction of sp³-hybridized carbons (Fsp3) is 0.242. The van der Waals surface area contributed by atoms with Crippen LogP contribution in [0, 0.1) is 5.41 Å². The third-order valence-electron chi connectivity index (χ3n) is 6.48. The van der Waals surface area contributed by atoms with Gasteiger partial charge in [-0.05, 0) is 77.8 Å². The normalized spacial score (nSPS) is 16.0. The Morgan fingerprint density at radius 2 is 1.84 bits per heavy atom. The first-order valence-electron chi connectivity index (χ1n) is 12.5. The molecule has 4 heteroatoms. The van der Waals surface area contributed by atoms with E-state index in [9.17, 15) is 9.90 Å². The standard InChI is InChI=1S/C33H37NO3/c1-24(10-7-6-8-13-32(36)34-23-26-15-17-28(35)18-16-26)14-19-31-25(2)30(20-21-33(31,3)4)27-11-9-12-29(22-27)37-5/h6-20,22,35H,21,23H2,1-5H3,(H,34,36)/b7-6+,13-8-,19-14+,24-10+. The summed E-state index contributed by atoms with van der Waals surface area (Å²) in [6.07, 6.45) is 16.7. The molecule has 192 valence electrons. The van der Waals surface area contributed by atoms with Crippen LogP contribution in [-0.2, 0) is 11.3 Å². The van der Waals surface area contributed by atoms with Crippen LogP contribution < -0.4 is 10.1 Å². The molecule has 1 amide bonds. The van der Waals surface area contributed by atoms with Crippen molar-refractivity contribution in [1.29, 1.82) is 0 Å². The fourth-order valence-corrected chi connectivity index (χ4v) is 4.30. The fourth-order valence-electron chi connectivity index (χ4n) is 4.30.